The van der Waals surface area contributed by atoms with Crippen molar-refractivity contribution in [3.05, 3.63) is 35.1 Å². The van der Waals surface area contributed by atoms with Gasteiger partial charge in [-0.1, -0.05) is 18.9 Å². The molecule has 1 saturated heterocycles. The zero-order valence-corrected chi connectivity index (χ0v) is 11.4. The Bertz CT molecular complexity index is 530. The van der Waals surface area contributed by atoms with Crippen LogP contribution in [0.1, 0.15) is 41.6 Å². The van der Waals surface area contributed by atoms with E-state index in [-0.39, 0.29) is 5.56 Å². The number of hydrogen-bond acceptors (Lipinski definition) is 2. The van der Waals surface area contributed by atoms with Crippen LogP contribution in [0.5, 0.6) is 0 Å². The molecule has 1 aromatic rings. The molecular formula is C15H18FNO3. The van der Waals surface area contributed by atoms with Gasteiger partial charge in [0.05, 0.1) is 5.56 Å². The number of carbonyl (C=O) groups is 2. The number of hydrogen-bond donors (Lipinski definition) is 1. The fourth-order valence-corrected chi connectivity index (χ4v) is 2.56. The van der Waals surface area contributed by atoms with Gasteiger partial charge in [0, 0.05) is 6.54 Å². The van der Waals surface area contributed by atoms with Crippen LogP contribution >= 0.6 is 0 Å². The van der Waals surface area contributed by atoms with Crippen LogP contribution in [0, 0.1) is 12.7 Å². The number of aryl methyl sites for hydroxylation is 1. The molecule has 1 amide bonds. The molecule has 1 aliphatic heterocycles. The Morgan fingerprint density at radius 1 is 1.30 bits per heavy atom. The molecule has 20 heavy (non-hydrogen) atoms. The van der Waals surface area contributed by atoms with E-state index in [1.165, 1.54) is 17.0 Å². The quantitative estimate of drug-likeness (QED) is 0.905. The number of carboxylic acid groups (broad SMARTS) is 1. The molecule has 5 heteroatoms. The number of amides is 1. The Hall–Kier alpha value is -1.91. The predicted molar refractivity (Wildman–Crippen MR) is 72.1 cm³/mol. The van der Waals surface area contributed by atoms with E-state index < -0.39 is 23.7 Å². The third-order valence-corrected chi connectivity index (χ3v) is 3.65. The largest absolute Gasteiger partial charge is 0.480 e. The zero-order valence-electron chi connectivity index (χ0n) is 11.4. The van der Waals surface area contributed by atoms with Gasteiger partial charge in [-0.25, -0.2) is 9.18 Å². The maximum absolute atomic E-state index is 13.9. The van der Waals surface area contributed by atoms with E-state index in [0.717, 1.165) is 24.8 Å². The minimum Gasteiger partial charge on any atom is -0.480 e. The van der Waals surface area contributed by atoms with Gasteiger partial charge in [-0.05, 0) is 37.5 Å². The lowest BCUT2D eigenvalue weighted by atomic mass is 10.1. The first kappa shape index (κ1) is 14.5. The molecule has 108 valence electrons. The van der Waals surface area contributed by atoms with E-state index in [1.807, 2.05) is 0 Å². The summed E-state index contributed by atoms with van der Waals surface area (Å²) in [6.45, 7) is 2.10. The average Bonchev–Trinajstić information content (AvgIpc) is 2.63. The van der Waals surface area contributed by atoms with Crippen molar-refractivity contribution in [3.8, 4) is 0 Å². The van der Waals surface area contributed by atoms with E-state index in [2.05, 4.69) is 0 Å². The van der Waals surface area contributed by atoms with Gasteiger partial charge in [0.25, 0.3) is 5.91 Å². The lowest BCUT2D eigenvalue weighted by Crippen LogP contribution is -2.44. The Balaban J connectivity index is 2.31. The Morgan fingerprint density at radius 3 is 2.70 bits per heavy atom. The SMILES string of the molecule is Cc1ccc(C(=O)N2CCCCCC2C(=O)O)c(F)c1. The molecule has 1 unspecified atom stereocenters. The van der Waals surface area contributed by atoms with Crippen LogP contribution in [0.15, 0.2) is 18.2 Å². The minimum atomic E-state index is -1.02. The molecule has 0 bridgehead atoms. The fourth-order valence-electron chi connectivity index (χ4n) is 2.56. The Morgan fingerprint density at radius 2 is 2.05 bits per heavy atom. The van der Waals surface area contributed by atoms with Crippen molar-refractivity contribution in [2.75, 3.05) is 6.54 Å². The summed E-state index contributed by atoms with van der Waals surface area (Å²) in [5.41, 5.74) is 0.674. The van der Waals surface area contributed by atoms with Crippen molar-refractivity contribution in [1.29, 1.82) is 0 Å². The van der Waals surface area contributed by atoms with Gasteiger partial charge < -0.3 is 10.0 Å². The van der Waals surface area contributed by atoms with Gasteiger partial charge in [-0.15, -0.1) is 0 Å². The minimum absolute atomic E-state index is 0.0521. The second-order valence-electron chi connectivity index (χ2n) is 5.19. The van der Waals surface area contributed by atoms with Crippen molar-refractivity contribution in [2.24, 2.45) is 0 Å². The van der Waals surface area contributed by atoms with Crippen molar-refractivity contribution < 1.29 is 19.1 Å². The fraction of sp³-hybridized carbons (Fsp3) is 0.467. The standard InChI is InChI=1S/C15H18FNO3/c1-10-6-7-11(12(16)9-10)14(18)17-8-4-2-3-5-13(17)15(19)20/h6-7,9,13H,2-5,8H2,1H3,(H,19,20). The third kappa shape index (κ3) is 2.98. The second-order valence-corrected chi connectivity index (χ2v) is 5.19. The van der Waals surface area contributed by atoms with Crippen LogP contribution in [-0.4, -0.2) is 34.5 Å². The molecule has 1 aliphatic rings. The summed E-state index contributed by atoms with van der Waals surface area (Å²) in [5, 5.41) is 9.26. The van der Waals surface area contributed by atoms with Crippen molar-refractivity contribution >= 4 is 11.9 Å². The normalized spacial score (nSPS) is 19.5. The topological polar surface area (TPSA) is 57.6 Å². The molecule has 1 heterocycles. The van der Waals surface area contributed by atoms with Crippen LogP contribution in [-0.2, 0) is 4.79 Å². The molecule has 0 spiro atoms. The van der Waals surface area contributed by atoms with Gasteiger partial charge in [0.15, 0.2) is 0 Å². The highest BCUT2D eigenvalue weighted by molar-refractivity contribution is 5.97. The van der Waals surface area contributed by atoms with Gasteiger partial charge >= 0.3 is 5.97 Å². The number of halogens is 1. The molecule has 0 aromatic heterocycles. The van der Waals surface area contributed by atoms with Crippen LogP contribution < -0.4 is 0 Å². The van der Waals surface area contributed by atoms with Gasteiger partial charge in [0.1, 0.15) is 11.9 Å². The number of aliphatic carboxylic acids is 1. The molecule has 0 saturated carbocycles. The first-order valence-corrected chi connectivity index (χ1v) is 6.80. The first-order valence-electron chi connectivity index (χ1n) is 6.80. The highest BCUT2D eigenvalue weighted by Crippen LogP contribution is 2.21. The summed E-state index contributed by atoms with van der Waals surface area (Å²) in [6.07, 6.45) is 2.85. The van der Waals surface area contributed by atoms with Crippen LogP contribution in [0.4, 0.5) is 4.39 Å². The molecular weight excluding hydrogens is 261 g/mol. The smallest absolute Gasteiger partial charge is 0.326 e. The number of benzene rings is 1. The number of carbonyl (C=O) groups excluding carboxylic acids is 1. The highest BCUT2D eigenvalue weighted by atomic mass is 19.1. The van der Waals surface area contributed by atoms with Crippen molar-refractivity contribution in [2.45, 2.75) is 38.6 Å². The van der Waals surface area contributed by atoms with Gasteiger partial charge in [0.2, 0.25) is 0 Å². The van der Waals surface area contributed by atoms with E-state index in [9.17, 15) is 19.1 Å². The molecule has 1 N–H and O–H groups in total. The van der Waals surface area contributed by atoms with Crippen molar-refractivity contribution in [3.63, 3.8) is 0 Å². The van der Waals surface area contributed by atoms with E-state index in [4.69, 9.17) is 0 Å². The molecule has 0 radical (unpaired) electrons. The summed E-state index contributed by atoms with van der Waals surface area (Å²) in [6, 6.07) is 3.52. The maximum Gasteiger partial charge on any atom is 0.326 e. The molecule has 0 aliphatic carbocycles. The lowest BCUT2D eigenvalue weighted by molar-refractivity contribution is -0.142. The molecule has 2 rings (SSSR count). The summed E-state index contributed by atoms with van der Waals surface area (Å²) >= 11 is 0. The van der Waals surface area contributed by atoms with Crippen LogP contribution in [0.25, 0.3) is 0 Å². The highest BCUT2D eigenvalue weighted by Gasteiger charge is 2.32. The summed E-state index contributed by atoms with van der Waals surface area (Å²) in [5.74, 6) is -2.15. The number of nitrogens with zero attached hydrogens (tertiary/aromatic N) is 1. The number of carboxylic acids is 1. The molecule has 1 atom stereocenters. The summed E-state index contributed by atoms with van der Waals surface area (Å²) in [7, 11) is 0. The first-order chi connectivity index (χ1) is 9.50. The third-order valence-electron chi connectivity index (χ3n) is 3.65. The van der Waals surface area contributed by atoms with E-state index >= 15 is 0 Å². The monoisotopic (exact) mass is 279 g/mol. The molecule has 4 nitrogen and oxygen atoms in total. The second kappa shape index (κ2) is 6.03. The number of rotatable bonds is 2. The maximum atomic E-state index is 13.9. The van der Waals surface area contributed by atoms with Gasteiger partial charge in [-0.2, -0.15) is 0 Å². The van der Waals surface area contributed by atoms with E-state index in [0.29, 0.717) is 13.0 Å². The van der Waals surface area contributed by atoms with Crippen molar-refractivity contribution in [1.82, 2.24) is 4.90 Å². The van der Waals surface area contributed by atoms with Crippen LogP contribution in [0.2, 0.25) is 0 Å². The lowest BCUT2D eigenvalue weighted by Gasteiger charge is -2.27. The molecule has 1 fully saturated rings. The van der Waals surface area contributed by atoms with Gasteiger partial charge in [-0.3, -0.25) is 4.79 Å². The Labute approximate surface area is 117 Å². The Kier molecular flexibility index (Phi) is 4.37. The zero-order chi connectivity index (χ0) is 14.7. The molecule has 1 aromatic carbocycles. The predicted octanol–water partition coefficient (Wildman–Crippen LogP) is 2.60. The average molecular weight is 279 g/mol. The van der Waals surface area contributed by atoms with Crippen LogP contribution in [0.3, 0.4) is 0 Å². The van der Waals surface area contributed by atoms with E-state index in [1.54, 1.807) is 13.0 Å². The summed E-state index contributed by atoms with van der Waals surface area (Å²) in [4.78, 5) is 25.0. The number of likely N-dealkylation sites (tertiary alicyclic amines) is 1. The summed E-state index contributed by atoms with van der Waals surface area (Å²) < 4.78 is 13.9.